The monoisotopic (exact) mass is 334 g/mol. The highest BCUT2D eigenvalue weighted by Crippen LogP contribution is 2.30. The summed E-state index contributed by atoms with van der Waals surface area (Å²) in [6.45, 7) is 2.84. The first-order valence-electron chi connectivity index (χ1n) is 8.86. The predicted octanol–water partition coefficient (Wildman–Crippen LogP) is 3.33. The molecule has 4 rings (SSSR count). The molecule has 1 amide bonds. The zero-order valence-corrected chi connectivity index (χ0v) is 14.4. The normalized spacial score (nSPS) is 17.8. The maximum absolute atomic E-state index is 13.0. The van der Waals surface area contributed by atoms with Gasteiger partial charge in [-0.25, -0.2) is 4.98 Å². The van der Waals surface area contributed by atoms with E-state index < -0.39 is 0 Å². The van der Waals surface area contributed by atoms with Crippen LogP contribution in [0, 0.1) is 6.92 Å². The number of hydrogen-bond acceptors (Lipinski definition) is 3. The number of carbonyl (C=O) groups is 1. The lowest BCUT2D eigenvalue weighted by Gasteiger charge is -2.35. The summed E-state index contributed by atoms with van der Waals surface area (Å²) in [6, 6.07) is 10.0. The van der Waals surface area contributed by atoms with Crippen molar-refractivity contribution in [2.24, 2.45) is 0 Å². The minimum absolute atomic E-state index is 0.0865. The fourth-order valence-electron chi connectivity index (χ4n) is 3.70. The number of hydrogen-bond donors (Lipinski definition) is 0. The number of amides is 1. The van der Waals surface area contributed by atoms with E-state index in [-0.39, 0.29) is 11.9 Å². The first-order valence-corrected chi connectivity index (χ1v) is 8.86. The number of carbonyl (C=O) groups excluding carboxylic acids is 1. The zero-order chi connectivity index (χ0) is 17.2. The van der Waals surface area contributed by atoms with Crippen molar-refractivity contribution in [2.45, 2.75) is 38.6 Å². The van der Waals surface area contributed by atoms with Gasteiger partial charge >= 0.3 is 0 Å². The van der Waals surface area contributed by atoms with E-state index in [0.29, 0.717) is 6.42 Å². The van der Waals surface area contributed by atoms with Crippen molar-refractivity contribution in [2.75, 3.05) is 6.54 Å². The Kier molecular flexibility index (Phi) is 4.22. The Bertz CT molecular complexity index is 887. The van der Waals surface area contributed by atoms with Gasteiger partial charge in [-0.05, 0) is 49.9 Å². The number of pyridine rings is 2. The lowest BCUT2D eigenvalue weighted by molar-refractivity contribution is -0.134. The Hall–Kier alpha value is -2.69. The summed E-state index contributed by atoms with van der Waals surface area (Å²) in [6.07, 6.45) is 9.15. The smallest absolute Gasteiger partial charge is 0.229 e. The quantitative estimate of drug-likeness (QED) is 0.738. The molecule has 0 saturated carbocycles. The van der Waals surface area contributed by atoms with Gasteiger partial charge in [0.05, 0.1) is 23.9 Å². The zero-order valence-electron chi connectivity index (χ0n) is 14.4. The third-order valence-corrected chi connectivity index (χ3v) is 4.99. The van der Waals surface area contributed by atoms with Crippen LogP contribution >= 0.6 is 0 Å². The lowest BCUT2D eigenvalue weighted by atomic mass is 9.98. The molecule has 0 N–H and O–H groups in total. The van der Waals surface area contributed by atoms with Gasteiger partial charge in [0.2, 0.25) is 5.91 Å². The second-order valence-electron chi connectivity index (χ2n) is 6.66. The standard InChI is InChI=1S/C20H22N4O/c1-15-7-6-12-23-16(14-22-20(15)23)13-19(25)24-11-5-3-9-18(24)17-8-2-4-10-21-17/h2,4,6-8,10,12,14,18H,3,5,9,11,13H2,1H3. The van der Waals surface area contributed by atoms with Gasteiger partial charge in [-0.3, -0.25) is 9.78 Å². The maximum Gasteiger partial charge on any atom is 0.229 e. The molecule has 25 heavy (non-hydrogen) atoms. The van der Waals surface area contributed by atoms with Crippen LogP contribution in [0.3, 0.4) is 0 Å². The van der Waals surface area contributed by atoms with Crippen molar-refractivity contribution in [1.29, 1.82) is 0 Å². The second-order valence-corrected chi connectivity index (χ2v) is 6.66. The van der Waals surface area contributed by atoms with E-state index in [9.17, 15) is 4.79 Å². The van der Waals surface area contributed by atoms with Crippen LogP contribution in [-0.4, -0.2) is 31.7 Å². The largest absolute Gasteiger partial charge is 0.334 e. The number of likely N-dealkylation sites (tertiary alicyclic amines) is 1. The summed E-state index contributed by atoms with van der Waals surface area (Å²) in [4.78, 5) is 24.0. The predicted molar refractivity (Wildman–Crippen MR) is 96.2 cm³/mol. The molecule has 0 aliphatic carbocycles. The van der Waals surface area contributed by atoms with E-state index in [2.05, 4.69) is 9.97 Å². The molecular weight excluding hydrogens is 312 g/mol. The molecule has 1 aliphatic rings. The van der Waals surface area contributed by atoms with Gasteiger partial charge in [0.1, 0.15) is 5.65 Å². The van der Waals surface area contributed by atoms with Gasteiger partial charge in [-0.1, -0.05) is 12.1 Å². The summed E-state index contributed by atoms with van der Waals surface area (Å²) in [5.41, 5.74) is 3.97. The molecule has 4 heterocycles. The minimum atomic E-state index is 0.0865. The van der Waals surface area contributed by atoms with Gasteiger partial charge in [-0.15, -0.1) is 0 Å². The van der Waals surface area contributed by atoms with Crippen molar-refractivity contribution in [3.63, 3.8) is 0 Å². The fraction of sp³-hybridized carbons (Fsp3) is 0.350. The molecule has 0 radical (unpaired) electrons. The Morgan fingerprint density at radius 3 is 2.96 bits per heavy atom. The van der Waals surface area contributed by atoms with E-state index in [1.54, 1.807) is 6.20 Å². The van der Waals surface area contributed by atoms with Gasteiger partial charge in [0.25, 0.3) is 0 Å². The average molecular weight is 334 g/mol. The van der Waals surface area contributed by atoms with E-state index >= 15 is 0 Å². The molecule has 1 aliphatic heterocycles. The average Bonchev–Trinajstić information content (AvgIpc) is 3.07. The Morgan fingerprint density at radius 2 is 2.12 bits per heavy atom. The third-order valence-electron chi connectivity index (χ3n) is 4.99. The highest BCUT2D eigenvalue weighted by atomic mass is 16.2. The SMILES string of the molecule is Cc1cccn2c(CC(=O)N3CCCCC3c3ccccn3)cnc12. The first-order chi connectivity index (χ1) is 12.2. The van der Waals surface area contributed by atoms with E-state index in [1.165, 1.54) is 0 Å². The number of piperidine rings is 1. The molecule has 0 spiro atoms. The second kappa shape index (κ2) is 6.67. The molecule has 5 nitrogen and oxygen atoms in total. The van der Waals surface area contributed by atoms with Crippen LogP contribution in [0.4, 0.5) is 0 Å². The van der Waals surface area contributed by atoms with Crippen molar-refractivity contribution in [3.05, 3.63) is 65.9 Å². The van der Waals surface area contributed by atoms with Gasteiger partial charge in [-0.2, -0.15) is 0 Å². The summed E-state index contributed by atoms with van der Waals surface area (Å²) in [5, 5.41) is 0. The van der Waals surface area contributed by atoms with E-state index in [0.717, 1.165) is 48.4 Å². The Balaban J connectivity index is 1.59. The van der Waals surface area contributed by atoms with Crippen LogP contribution < -0.4 is 0 Å². The summed E-state index contributed by atoms with van der Waals surface area (Å²) >= 11 is 0. The number of imidazole rings is 1. The highest BCUT2D eigenvalue weighted by molar-refractivity contribution is 5.79. The van der Waals surface area contributed by atoms with Gasteiger partial charge in [0, 0.05) is 25.1 Å². The molecule has 128 valence electrons. The van der Waals surface area contributed by atoms with E-state index in [1.807, 2.05) is 58.9 Å². The summed E-state index contributed by atoms with van der Waals surface area (Å²) in [7, 11) is 0. The van der Waals surface area contributed by atoms with Crippen LogP contribution in [0.25, 0.3) is 5.65 Å². The first kappa shape index (κ1) is 15.8. The molecule has 3 aromatic rings. The molecule has 5 heteroatoms. The molecule has 1 saturated heterocycles. The van der Waals surface area contributed by atoms with Crippen LogP contribution in [0.2, 0.25) is 0 Å². The van der Waals surface area contributed by atoms with Crippen LogP contribution in [0.1, 0.15) is 42.3 Å². The maximum atomic E-state index is 13.0. The van der Waals surface area contributed by atoms with Crippen LogP contribution in [0.5, 0.6) is 0 Å². The molecule has 0 bridgehead atoms. The number of fused-ring (bicyclic) bond motifs is 1. The third kappa shape index (κ3) is 3.02. The van der Waals surface area contributed by atoms with Crippen molar-refractivity contribution >= 4 is 11.6 Å². The number of rotatable bonds is 3. The van der Waals surface area contributed by atoms with E-state index in [4.69, 9.17) is 0 Å². The number of aryl methyl sites for hydroxylation is 1. The number of nitrogens with zero attached hydrogens (tertiary/aromatic N) is 4. The van der Waals surface area contributed by atoms with Gasteiger partial charge < -0.3 is 9.30 Å². The summed E-state index contributed by atoms with van der Waals surface area (Å²) in [5.74, 6) is 0.152. The molecule has 3 aromatic heterocycles. The van der Waals surface area contributed by atoms with Crippen molar-refractivity contribution < 1.29 is 4.79 Å². The Morgan fingerprint density at radius 1 is 1.20 bits per heavy atom. The summed E-state index contributed by atoms with van der Waals surface area (Å²) < 4.78 is 2.02. The fourth-order valence-corrected chi connectivity index (χ4v) is 3.70. The van der Waals surface area contributed by atoms with Crippen LogP contribution in [-0.2, 0) is 11.2 Å². The lowest BCUT2D eigenvalue weighted by Crippen LogP contribution is -2.39. The van der Waals surface area contributed by atoms with Crippen molar-refractivity contribution in [3.8, 4) is 0 Å². The molecule has 1 unspecified atom stereocenters. The molecule has 0 aromatic carbocycles. The minimum Gasteiger partial charge on any atom is -0.334 e. The Labute approximate surface area is 147 Å². The molecule has 1 atom stereocenters. The molecule has 1 fully saturated rings. The topological polar surface area (TPSA) is 50.5 Å². The van der Waals surface area contributed by atoms with Crippen LogP contribution in [0.15, 0.2) is 48.9 Å². The number of aromatic nitrogens is 3. The van der Waals surface area contributed by atoms with Crippen molar-refractivity contribution in [1.82, 2.24) is 19.3 Å². The highest BCUT2D eigenvalue weighted by Gasteiger charge is 2.29. The molecular formula is C20H22N4O. The van der Waals surface area contributed by atoms with Gasteiger partial charge in [0.15, 0.2) is 0 Å².